The highest BCUT2D eigenvalue weighted by atomic mass is 16.2. The van der Waals surface area contributed by atoms with Crippen LogP contribution in [0.2, 0.25) is 0 Å². The van der Waals surface area contributed by atoms with Crippen LogP contribution in [0.4, 0.5) is 0 Å². The Bertz CT molecular complexity index is 612. The van der Waals surface area contributed by atoms with Crippen LogP contribution in [0.1, 0.15) is 37.7 Å². The molecule has 2 aliphatic rings. The van der Waals surface area contributed by atoms with Gasteiger partial charge in [-0.1, -0.05) is 30.3 Å². The van der Waals surface area contributed by atoms with Gasteiger partial charge in [0.15, 0.2) is 0 Å². The van der Waals surface area contributed by atoms with Crippen LogP contribution in [-0.2, 0) is 16.0 Å². The van der Waals surface area contributed by atoms with Gasteiger partial charge in [-0.25, -0.2) is 5.01 Å². The highest BCUT2D eigenvalue weighted by molar-refractivity contribution is 6.39. The second-order valence-electron chi connectivity index (χ2n) is 6.28. The molecule has 1 fully saturated rings. The van der Waals surface area contributed by atoms with E-state index >= 15 is 0 Å². The van der Waals surface area contributed by atoms with Crippen molar-refractivity contribution in [3.63, 3.8) is 0 Å². The molecular weight excluding hydrogens is 290 g/mol. The molecule has 0 saturated carbocycles. The summed E-state index contributed by atoms with van der Waals surface area (Å²) in [5.41, 5.74) is 1.84. The Morgan fingerprint density at radius 3 is 2.78 bits per heavy atom. The van der Waals surface area contributed by atoms with Gasteiger partial charge in [0.05, 0.1) is 0 Å². The Labute approximate surface area is 137 Å². The summed E-state index contributed by atoms with van der Waals surface area (Å²) in [5, 5.41) is 5.47. The van der Waals surface area contributed by atoms with Crippen LogP contribution in [0.3, 0.4) is 0 Å². The van der Waals surface area contributed by atoms with Crippen LogP contribution < -0.4 is 0 Å². The molecule has 0 aromatic heterocycles. The van der Waals surface area contributed by atoms with E-state index in [9.17, 15) is 9.59 Å². The van der Waals surface area contributed by atoms with Gasteiger partial charge in [0, 0.05) is 32.5 Å². The maximum atomic E-state index is 12.7. The number of hydrogen-bond acceptors (Lipinski definition) is 3. The van der Waals surface area contributed by atoms with Crippen molar-refractivity contribution in [3.05, 3.63) is 35.9 Å². The molecule has 1 saturated heterocycles. The monoisotopic (exact) mass is 313 g/mol. The first-order valence-corrected chi connectivity index (χ1v) is 8.34. The number of carbonyl (C=O) groups is 2. The number of likely N-dealkylation sites (tertiary alicyclic amines) is 1. The largest absolute Gasteiger partial charge is 0.335 e. The third-order valence-electron chi connectivity index (χ3n) is 4.70. The van der Waals surface area contributed by atoms with Crippen LogP contribution in [0, 0.1) is 0 Å². The van der Waals surface area contributed by atoms with Crippen molar-refractivity contribution >= 4 is 17.5 Å². The molecule has 2 aliphatic heterocycles. The fourth-order valence-corrected chi connectivity index (χ4v) is 3.37. The first kappa shape index (κ1) is 15.7. The molecule has 2 heterocycles. The summed E-state index contributed by atoms with van der Waals surface area (Å²) in [6, 6.07) is 10.7. The van der Waals surface area contributed by atoms with Gasteiger partial charge >= 0.3 is 0 Å². The second kappa shape index (κ2) is 6.94. The smallest absolute Gasteiger partial charge is 0.270 e. The zero-order chi connectivity index (χ0) is 16.2. The van der Waals surface area contributed by atoms with Gasteiger partial charge in [0.25, 0.3) is 5.91 Å². The highest BCUT2D eigenvalue weighted by Gasteiger charge is 2.32. The van der Waals surface area contributed by atoms with Crippen LogP contribution in [-0.4, -0.2) is 47.1 Å². The Morgan fingerprint density at radius 2 is 2.04 bits per heavy atom. The van der Waals surface area contributed by atoms with E-state index in [-0.39, 0.29) is 17.9 Å². The lowest BCUT2D eigenvalue weighted by Crippen LogP contribution is -2.43. The predicted molar refractivity (Wildman–Crippen MR) is 88.9 cm³/mol. The zero-order valence-corrected chi connectivity index (χ0v) is 13.6. The summed E-state index contributed by atoms with van der Waals surface area (Å²) in [7, 11) is 1.62. The van der Waals surface area contributed by atoms with Gasteiger partial charge in [-0.05, 0) is 31.2 Å². The molecule has 1 atom stereocenters. The van der Waals surface area contributed by atoms with E-state index in [0.29, 0.717) is 18.6 Å². The molecule has 1 aromatic carbocycles. The zero-order valence-electron chi connectivity index (χ0n) is 13.6. The van der Waals surface area contributed by atoms with Gasteiger partial charge in [0.1, 0.15) is 5.71 Å². The Morgan fingerprint density at radius 1 is 1.26 bits per heavy atom. The molecule has 0 N–H and O–H groups in total. The summed E-state index contributed by atoms with van der Waals surface area (Å²) >= 11 is 0. The van der Waals surface area contributed by atoms with Crippen molar-refractivity contribution in [3.8, 4) is 0 Å². The van der Waals surface area contributed by atoms with E-state index in [1.807, 2.05) is 11.0 Å². The number of benzene rings is 1. The molecular formula is C18H23N3O2. The molecule has 5 nitrogen and oxygen atoms in total. The van der Waals surface area contributed by atoms with Crippen molar-refractivity contribution in [1.29, 1.82) is 0 Å². The van der Waals surface area contributed by atoms with Crippen molar-refractivity contribution in [1.82, 2.24) is 9.91 Å². The molecule has 0 aliphatic carbocycles. The van der Waals surface area contributed by atoms with Gasteiger partial charge in [-0.2, -0.15) is 5.10 Å². The molecule has 122 valence electrons. The summed E-state index contributed by atoms with van der Waals surface area (Å²) < 4.78 is 0. The SMILES string of the molecule is CN1N=C(C(=O)N2CCC[C@H]2CCc2ccccc2)CCC1=O. The Hall–Kier alpha value is -2.17. The molecule has 2 amide bonds. The summed E-state index contributed by atoms with van der Waals surface area (Å²) in [4.78, 5) is 26.2. The lowest BCUT2D eigenvalue weighted by molar-refractivity contribution is -0.130. The summed E-state index contributed by atoms with van der Waals surface area (Å²) in [5.74, 6) is -0.0106. The van der Waals surface area contributed by atoms with Crippen LogP contribution in [0.15, 0.2) is 35.4 Å². The average Bonchev–Trinajstić information content (AvgIpc) is 3.04. The number of nitrogens with zero attached hydrogens (tertiary/aromatic N) is 3. The fourth-order valence-electron chi connectivity index (χ4n) is 3.37. The molecule has 0 unspecified atom stereocenters. The normalized spacial score (nSPS) is 21.5. The summed E-state index contributed by atoms with van der Waals surface area (Å²) in [6.07, 6.45) is 4.92. The number of hydrazone groups is 1. The number of aryl methyl sites for hydroxylation is 1. The summed E-state index contributed by atoms with van der Waals surface area (Å²) in [6.45, 7) is 0.801. The van der Waals surface area contributed by atoms with Crippen molar-refractivity contribution < 1.29 is 9.59 Å². The van der Waals surface area contributed by atoms with Crippen molar-refractivity contribution in [2.45, 2.75) is 44.6 Å². The number of hydrogen-bond donors (Lipinski definition) is 0. The van der Waals surface area contributed by atoms with Gasteiger partial charge in [-0.15, -0.1) is 0 Å². The lowest BCUT2D eigenvalue weighted by atomic mass is 10.0. The minimum absolute atomic E-state index is 0.0138. The van der Waals surface area contributed by atoms with E-state index in [4.69, 9.17) is 0 Å². The minimum atomic E-state index is -0.0244. The second-order valence-corrected chi connectivity index (χ2v) is 6.28. The molecule has 0 spiro atoms. The average molecular weight is 313 g/mol. The lowest BCUT2D eigenvalue weighted by Gasteiger charge is -2.27. The van der Waals surface area contributed by atoms with Gasteiger partial charge in [-0.3, -0.25) is 9.59 Å². The van der Waals surface area contributed by atoms with Crippen LogP contribution >= 0.6 is 0 Å². The first-order chi connectivity index (χ1) is 11.1. The molecule has 3 rings (SSSR count). The molecule has 0 bridgehead atoms. The third-order valence-corrected chi connectivity index (χ3v) is 4.70. The fraction of sp³-hybridized carbons (Fsp3) is 0.500. The highest BCUT2D eigenvalue weighted by Crippen LogP contribution is 2.23. The molecule has 0 radical (unpaired) electrons. The number of amides is 2. The quantitative estimate of drug-likeness (QED) is 0.856. The molecule has 5 heteroatoms. The van der Waals surface area contributed by atoms with E-state index < -0.39 is 0 Å². The van der Waals surface area contributed by atoms with E-state index in [0.717, 1.165) is 32.2 Å². The number of rotatable bonds is 4. The minimum Gasteiger partial charge on any atom is -0.335 e. The number of carbonyl (C=O) groups excluding carboxylic acids is 2. The van der Waals surface area contributed by atoms with Crippen LogP contribution in [0.5, 0.6) is 0 Å². The van der Waals surface area contributed by atoms with Crippen molar-refractivity contribution in [2.75, 3.05) is 13.6 Å². The van der Waals surface area contributed by atoms with Gasteiger partial charge in [0.2, 0.25) is 5.91 Å². The van der Waals surface area contributed by atoms with E-state index in [1.54, 1.807) is 7.05 Å². The first-order valence-electron chi connectivity index (χ1n) is 8.34. The van der Waals surface area contributed by atoms with Crippen molar-refractivity contribution in [2.24, 2.45) is 5.10 Å². The molecule has 23 heavy (non-hydrogen) atoms. The third kappa shape index (κ3) is 3.60. The van der Waals surface area contributed by atoms with E-state index in [1.165, 1.54) is 10.6 Å². The molecule has 1 aromatic rings. The Kier molecular flexibility index (Phi) is 4.74. The maximum Gasteiger partial charge on any atom is 0.270 e. The van der Waals surface area contributed by atoms with E-state index in [2.05, 4.69) is 29.4 Å². The van der Waals surface area contributed by atoms with Crippen LogP contribution in [0.25, 0.3) is 0 Å². The predicted octanol–water partition coefficient (Wildman–Crippen LogP) is 2.22. The standard InChI is InChI=1S/C18H23N3O2/c1-20-17(22)12-11-16(19-20)18(23)21-13-5-8-15(21)10-9-14-6-3-2-4-7-14/h2-4,6-7,15H,5,8-13H2,1H3/t15-/m0/s1. The van der Waals surface area contributed by atoms with Gasteiger partial charge < -0.3 is 4.90 Å². The maximum absolute atomic E-state index is 12.7. The topological polar surface area (TPSA) is 53.0 Å². The Balaban J connectivity index is 1.63.